The molecule has 0 radical (unpaired) electrons. The molecule has 2 fully saturated rings. The lowest BCUT2D eigenvalue weighted by Crippen LogP contribution is -2.45. The van der Waals surface area contributed by atoms with E-state index in [0.717, 1.165) is 38.7 Å². The normalized spacial score (nSPS) is 26.7. The minimum atomic E-state index is -0.233. The van der Waals surface area contributed by atoms with Crippen LogP contribution in [-0.2, 0) is 11.2 Å². The third-order valence-corrected chi connectivity index (χ3v) is 6.03. The highest BCUT2D eigenvalue weighted by molar-refractivity contribution is 7.99. The number of hydrogen-bond donors (Lipinski definition) is 1. The molecule has 1 spiro atoms. The van der Waals surface area contributed by atoms with Crippen LogP contribution in [0.15, 0.2) is 24.3 Å². The van der Waals surface area contributed by atoms with Gasteiger partial charge in [0.15, 0.2) is 0 Å². The smallest absolute Gasteiger partial charge is 0.0701 e. The molecule has 0 aliphatic carbocycles. The Morgan fingerprint density at radius 1 is 1.29 bits per heavy atom. The van der Waals surface area contributed by atoms with Gasteiger partial charge in [-0.25, -0.2) is 0 Å². The van der Waals surface area contributed by atoms with E-state index in [9.17, 15) is 5.11 Å². The largest absolute Gasteiger partial charge is 0.392 e. The van der Waals surface area contributed by atoms with Crippen LogP contribution in [0.25, 0.3) is 0 Å². The van der Waals surface area contributed by atoms with Crippen LogP contribution in [0.2, 0.25) is 0 Å². The zero-order valence-corrected chi connectivity index (χ0v) is 13.7. The summed E-state index contributed by atoms with van der Waals surface area (Å²) in [6.07, 6.45) is 4.90. The van der Waals surface area contributed by atoms with Gasteiger partial charge in [-0.1, -0.05) is 29.8 Å². The molecule has 2 saturated heterocycles. The van der Waals surface area contributed by atoms with E-state index in [1.807, 2.05) is 11.8 Å². The summed E-state index contributed by atoms with van der Waals surface area (Å²) in [6, 6.07) is 8.55. The van der Waals surface area contributed by atoms with Crippen LogP contribution in [0.1, 0.15) is 36.8 Å². The first kappa shape index (κ1) is 15.4. The molecule has 2 heterocycles. The molecule has 116 valence electrons. The highest BCUT2D eigenvalue weighted by Gasteiger charge is 2.40. The number of thioether (sulfide) groups is 1. The van der Waals surface area contributed by atoms with Crippen molar-refractivity contribution in [2.75, 3.05) is 18.1 Å². The summed E-state index contributed by atoms with van der Waals surface area (Å²) in [5, 5.41) is 10.6. The molecule has 1 N–H and O–H groups in total. The van der Waals surface area contributed by atoms with Gasteiger partial charge in [0.05, 0.1) is 11.7 Å². The van der Waals surface area contributed by atoms with Crippen LogP contribution in [0.3, 0.4) is 0 Å². The van der Waals surface area contributed by atoms with Crippen LogP contribution in [-0.4, -0.2) is 34.9 Å². The van der Waals surface area contributed by atoms with Crippen LogP contribution in [0.4, 0.5) is 0 Å². The number of ether oxygens (including phenoxy) is 1. The molecule has 3 heteroatoms. The molecule has 0 amide bonds. The van der Waals surface area contributed by atoms with Crippen LogP contribution >= 0.6 is 11.8 Å². The van der Waals surface area contributed by atoms with Gasteiger partial charge in [0, 0.05) is 6.61 Å². The number of aryl methyl sites for hydroxylation is 1. The first-order valence-electron chi connectivity index (χ1n) is 8.12. The fraction of sp³-hybridized carbons (Fsp3) is 0.667. The molecule has 1 aromatic carbocycles. The third-order valence-electron chi connectivity index (χ3n) is 5.04. The maximum Gasteiger partial charge on any atom is 0.0701 e. The Morgan fingerprint density at radius 2 is 2.00 bits per heavy atom. The minimum Gasteiger partial charge on any atom is -0.392 e. The molecular formula is C18H26O2S. The van der Waals surface area contributed by atoms with Crippen LogP contribution in [0, 0.1) is 12.8 Å². The van der Waals surface area contributed by atoms with Gasteiger partial charge < -0.3 is 9.84 Å². The summed E-state index contributed by atoms with van der Waals surface area (Å²) in [5.74, 6) is 2.81. The van der Waals surface area contributed by atoms with E-state index in [-0.39, 0.29) is 11.7 Å². The molecular weight excluding hydrogens is 280 g/mol. The van der Waals surface area contributed by atoms with Crippen molar-refractivity contribution in [1.29, 1.82) is 0 Å². The van der Waals surface area contributed by atoms with Gasteiger partial charge in [0.1, 0.15) is 0 Å². The van der Waals surface area contributed by atoms with Gasteiger partial charge in [0.25, 0.3) is 0 Å². The second kappa shape index (κ2) is 6.72. The van der Waals surface area contributed by atoms with Gasteiger partial charge in [-0.3, -0.25) is 0 Å². The summed E-state index contributed by atoms with van der Waals surface area (Å²) >= 11 is 2.03. The lowest BCUT2D eigenvalue weighted by Gasteiger charge is -2.44. The van der Waals surface area contributed by atoms with E-state index in [1.165, 1.54) is 22.6 Å². The highest BCUT2D eigenvalue weighted by atomic mass is 32.2. The van der Waals surface area contributed by atoms with Crippen molar-refractivity contribution >= 4 is 11.8 Å². The van der Waals surface area contributed by atoms with Crippen LogP contribution < -0.4 is 0 Å². The number of benzene rings is 1. The summed E-state index contributed by atoms with van der Waals surface area (Å²) in [4.78, 5) is 0. The van der Waals surface area contributed by atoms with E-state index in [2.05, 4.69) is 31.2 Å². The molecule has 0 aromatic heterocycles. The van der Waals surface area contributed by atoms with Crippen molar-refractivity contribution in [1.82, 2.24) is 0 Å². The fourth-order valence-corrected chi connectivity index (χ4v) is 4.86. The lowest BCUT2D eigenvalue weighted by atomic mass is 9.78. The SMILES string of the molecule is Cc1ccc(CC(O)C2CCOC3(CCSCC3)C2)cc1. The van der Waals surface area contributed by atoms with Gasteiger partial charge in [-0.05, 0) is 62.0 Å². The average Bonchev–Trinajstić information content (AvgIpc) is 2.50. The second-order valence-electron chi connectivity index (χ2n) is 6.65. The maximum atomic E-state index is 10.6. The molecule has 2 unspecified atom stereocenters. The molecule has 0 saturated carbocycles. The zero-order chi connectivity index (χ0) is 14.7. The summed E-state index contributed by atoms with van der Waals surface area (Å²) in [6.45, 7) is 2.92. The monoisotopic (exact) mass is 306 g/mol. The Morgan fingerprint density at radius 3 is 2.71 bits per heavy atom. The maximum absolute atomic E-state index is 10.6. The molecule has 2 aliphatic rings. The Bertz CT molecular complexity index is 445. The van der Waals surface area contributed by atoms with Crippen molar-refractivity contribution in [2.24, 2.45) is 5.92 Å². The Labute approximate surface area is 132 Å². The number of rotatable bonds is 3. The van der Waals surface area contributed by atoms with Crippen molar-refractivity contribution < 1.29 is 9.84 Å². The summed E-state index contributed by atoms with van der Waals surface area (Å²) in [5.41, 5.74) is 2.59. The molecule has 1 aromatic rings. The standard InChI is InChI=1S/C18H26O2S/c1-14-2-4-15(5-3-14)12-17(19)16-6-9-20-18(13-16)7-10-21-11-8-18/h2-5,16-17,19H,6-13H2,1H3. The third kappa shape index (κ3) is 3.82. The lowest BCUT2D eigenvalue weighted by molar-refractivity contribution is -0.120. The summed E-state index contributed by atoms with van der Waals surface area (Å²) < 4.78 is 6.13. The second-order valence-corrected chi connectivity index (χ2v) is 7.88. The Kier molecular flexibility index (Phi) is 4.92. The quantitative estimate of drug-likeness (QED) is 0.925. The number of hydrogen-bond acceptors (Lipinski definition) is 3. The minimum absolute atomic E-state index is 0.0718. The van der Waals surface area contributed by atoms with Crippen molar-refractivity contribution in [3.63, 3.8) is 0 Å². The molecule has 2 atom stereocenters. The van der Waals surface area contributed by atoms with E-state index in [4.69, 9.17) is 4.74 Å². The zero-order valence-electron chi connectivity index (χ0n) is 12.9. The van der Waals surface area contributed by atoms with Crippen molar-refractivity contribution in [3.05, 3.63) is 35.4 Å². The van der Waals surface area contributed by atoms with Crippen LogP contribution in [0.5, 0.6) is 0 Å². The predicted molar refractivity (Wildman–Crippen MR) is 88.9 cm³/mol. The first-order valence-corrected chi connectivity index (χ1v) is 9.28. The molecule has 0 bridgehead atoms. The average molecular weight is 306 g/mol. The van der Waals surface area contributed by atoms with Gasteiger partial charge in [0.2, 0.25) is 0 Å². The van der Waals surface area contributed by atoms with E-state index in [1.54, 1.807) is 0 Å². The Hall–Kier alpha value is -0.510. The van der Waals surface area contributed by atoms with E-state index < -0.39 is 0 Å². The first-order chi connectivity index (χ1) is 10.2. The van der Waals surface area contributed by atoms with E-state index >= 15 is 0 Å². The van der Waals surface area contributed by atoms with Gasteiger partial charge >= 0.3 is 0 Å². The van der Waals surface area contributed by atoms with E-state index in [0.29, 0.717) is 5.92 Å². The van der Waals surface area contributed by atoms with Gasteiger partial charge in [-0.2, -0.15) is 11.8 Å². The molecule has 21 heavy (non-hydrogen) atoms. The predicted octanol–water partition coefficient (Wildman–Crippen LogP) is 3.59. The number of aliphatic hydroxyl groups is 1. The fourth-order valence-electron chi connectivity index (χ4n) is 3.62. The molecule has 2 aliphatic heterocycles. The number of aliphatic hydroxyl groups excluding tert-OH is 1. The molecule has 2 nitrogen and oxygen atoms in total. The Balaban J connectivity index is 1.61. The summed E-state index contributed by atoms with van der Waals surface area (Å²) in [7, 11) is 0. The van der Waals surface area contributed by atoms with Crippen molar-refractivity contribution in [3.8, 4) is 0 Å². The van der Waals surface area contributed by atoms with Crippen molar-refractivity contribution in [2.45, 2.75) is 50.7 Å². The van der Waals surface area contributed by atoms with Gasteiger partial charge in [-0.15, -0.1) is 0 Å². The highest BCUT2D eigenvalue weighted by Crippen LogP contribution is 2.41. The molecule has 3 rings (SSSR count). The topological polar surface area (TPSA) is 29.5 Å².